The molecule has 0 aliphatic heterocycles. The predicted molar refractivity (Wildman–Crippen MR) is 191 cm³/mol. The average molecular weight is 669 g/mol. The fourth-order valence-corrected chi connectivity index (χ4v) is 17.4. The van der Waals surface area contributed by atoms with E-state index in [1.165, 1.54) is 84.2 Å². The Hall–Kier alpha value is -0.581. The molecule has 2 nitrogen and oxygen atoms in total. The summed E-state index contributed by atoms with van der Waals surface area (Å²) < 4.78 is 11.5. The normalized spacial score (nSPS) is 19.6. The van der Waals surface area contributed by atoms with Crippen LogP contribution in [0.15, 0.2) is 24.3 Å². The van der Waals surface area contributed by atoms with E-state index in [-0.39, 0.29) is 25.0 Å². The largest absolute Gasteiger partial charge is 0.496 e. The number of methoxy groups -OCH3 is 2. The van der Waals surface area contributed by atoms with E-state index in [2.05, 4.69) is 100 Å². The van der Waals surface area contributed by atoms with Crippen molar-refractivity contribution in [3.63, 3.8) is 0 Å². The van der Waals surface area contributed by atoms with Crippen LogP contribution in [0.1, 0.15) is 122 Å². The summed E-state index contributed by atoms with van der Waals surface area (Å²) in [4.78, 5) is 0. The first-order valence-corrected chi connectivity index (χ1v) is 19.3. The topological polar surface area (TPSA) is 18.5 Å². The molecular formula is C38H62FeO2P2. The van der Waals surface area contributed by atoms with Gasteiger partial charge in [-0.05, 0) is 133 Å². The van der Waals surface area contributed by atoms with Crippen molar-refractivity contribution in [2.45, 2.75) is 149 Å². The first-order valence-electron chi connectivity index (χ1n) is 16.5. The molecule has 4 rings (SSSR count). The Morgan fingerprint density at radius 2 is 0.977 bits per heavy atom. The van der Waals surface area contributed by atoms with Crippen LogP contribution in [0.2, 0.25) is 0 Å². The van der Waals surface area contributed by atoms with Crippen molar-refractivity contribution in [3.8, 4) is 11.5 Å². The molecule has 244 valence electrons. The first-order chi connectivity index (χ1) is 19.6. The van der Waals surface area contributed by atoms with E-state index in [4.69, 9.17) is 9.47 Å². The number of benzene rings is 2. The molecule has 0 heterocycles. The second-order valence-electron chi connectivity index (χ2n) is 15.0. The second kappa shape index (κ2) is 16.3. The summed E-state index contributed by atoms with van der Waals surface area (Å²) in [5.74, 6) is 2.81. The molecule has 5 heteroatoms. The molecule has 2 aliphatic carbocycles. The third-order valence-electron chi connectivity index (χ3n) is 9.44. The molecule has 43 heavy (non-hydrogen) atoms. The third-order valence-corrected chi connectivity index (χ3v) is 16.5. The van der Waals surface area contributed by atoms with Crippen molar-refractivity contribution in [3.05, 3.63) is 46.5 Å². The Kier molecular flexibility index (Phi) is 14.6. The van der Waals surface area contributed by atoms with Crippen LogP contribution in [0, 0.1) is 33.6 Å². The molecule has 2 saturated carbocycles. The molecule has 0 aromatic heterocycles. The van der Waals surface area contributed by atoms with Gasteiger partial charge in [-0.2, -0.15) is 0 Å². The van der Waals surface area contributed by atoms with Crippen LogP contribution in [0.3, 0.4) is 0 Å². The average Bonchev–Trinajstić information content (AvgIpc) is 3.58. The molecule has 2 unspecified atom stereocenters. The van der Waals surface area contributed by atoms with E-state index in [0.29, 0.717) is 16.0 Å². The molecule has 0 bridgehead atoms. The Labute approximate surface area is 279 Å². The van der Waals surface area contributed by atoms with Gasteiger partial charge in [-0.25, -0.2) is 0 Å². The Morgan fingerprint density at radius 3 is 1.28 bits per heavy atom. The molecule has 0 amide bonds. The maximum absolute atomic E-state index is 5.77. The van der Waals surface area contributed by atoms with Crippen molar-refractivity contribution < 1.29 is 26.5 Å². The van der Waals surface area contributed by atoms with Gasteiger partial charge in [-0.1, -0.05) is 94.9 Å². The van der Waals surface area contributed by atoms with E-state index in [0.717, 1.165) is 23.1 Å². The van der Waals surface area contributed by atoms with E-state index in [9.17, 15) is 0 Å². The molecule has 2 aromatic carbocycles. The molecule has 2 aliphatic rings. The van der Waals surface area contributed by atoms with E-state index in [1.54, 1.807) is 14.2 Å². The van der Waals surface area contributed by atoms with Gasteiger partial charge >= 0.3 is 0 Å². The van der Waals surface area contributed by atoms with Crippen molar-refractivity contribution in [2.24, 2.45) is 5.92 Å². The number of aryl methyl sites for hydroxylation is 4. The standard InChI is InChI=1S/C33H52O2P2.C5H10.Fe/c1-21-17-26(18-22(2)30(21)34-12)36(27-19-23(3)31(35-13)24(4)20-27)29-16-14-15-28(29)25(5)37(32(6,7)8)33(9,10)11;1-2-4-5-3-1;/h17-20,25,28-29H,14-16H2,1-13H3;1-5H2;/t25-,28?,29?;;/m0../s1. The SMILES string of the molecule is C1CCCC1.COc1c(C)cc(P(c2cc(C)c(OC)c(C)c2)C2CCCC2[C@H](C)P(C(C)(C)C)C(C)(C)C)cc1C.[Fe]. The summed E-state index contributed by atoms with van der Waals surface area (Å²) >= 11 is 0. The predicted octanol–water partition coefficient (Wildman–Crippen LogP) is 11.0. The summed E-state index contributed by atoms with van der Waals surface area (Å²) in [6.07, 6.45) is 11.5. The van der Waals surface area contributed by atoms with Gasteiger partial charge in [0.2, 0.25) is 0 Å². The summed E-state index contributed by atoms with van der Waals surface area (Å²) in [7, 11) is 2.90. The zero-order valence-electron chi connectivity index (χ0n) is 29.8. The van der Waals surface area contributed by atoms with Crippen molar-refractivity contribution in [1.82, 2.24) is 0 Å². The van der Waals surface area contributed by atoms with E-state index >= 15 is 0 Å². The molecule has 3 atom stereocenters. The molecule has 0 N–H and O–H groups in total. The molecule has 0 saturated heterocycles. The van der Waals surface area contributed by atoms with Gasteiger partial charge < -0.3 is 9.47 Å². The van der Waals surface area contributed by atoms with Crippen LogP contribution < -0.4 is 20.1 Å². The minimum Gasteiger partial charge on any atom is -0.496 e. The molecular weight excluding hydrogens is 606 g/mol. The van der Waals surface area contributed by atoms with E-state index in [1.807, 2.05) is 0 Å². The minimum absolute atomic E-state index is 0. The van der Waals surface area contributed by atoms with Crippen LogP contribution in [0.5, 0.6) is 11.5 Å². The molecule has 2 aromatic rings. The van der Waals surface area contributed by atoms with Crippen LogP contribution in [-0.4, -0.2) is 35.8 Å². The van der Waals surface area contributed by atoms with Gasteiger partial charge in [0.1, 0.15) is 11.5 Å². The molecule has 0 radical (unpaired) electrons. The monoisotopic (exact) mass is 668 g/mol. The number of ether oxygens (including phenoxy) is 2. The number of rotatable bonds is 7. The zero-order chi connectivity index (χ0) is 31.4. The molecule has 0 spiro atoms. The number of hydrogen-bond donors (Lipinski definition) is 0. The molecule has 2 fully saturated rings. The van der Waals surface area contributed by atoms with Crippen LogP contribution in [-0.2, 0) is 17.1 Å². The van der Waals surface area contributed by atoms with Crippen LogP contribution in [0.25, 0.3) is 0 Å². The van der Waals surface area contributed by atoms with Crippen LogP contribution in [0.4, 0.5) is 0 Å². The van der Waals surface area contributed by atoms with Gasteiger partial charge in [0.25, 0.3) is 0 Å². The summed E-state index contributed by atoms with van der Waals surface area (Å²) in [5.41, 5.74) is 6.43. The van der Waals surface area contributed by atoms with Gasteiger partial charge in [0, 0.05) is 17.1 Å². The quantitative estimate of drug-likeness (QED) is 0.216. The smallest absolute Gasteiger partial charge is 0.124 e. The Bertz CT molecular complexity index is 1050. The Morgan fingerprint density at radius 1 is 0.628 bits per heavy atom. The van der Waals surface area contributed by atoms with Gasteiger partial charge in [0.15, 0.2) is 0 Å². The minimum atomic E-state index is -0.521. The zero-order valence-corrected chi connectivity index (χ0v) is 32.7. The van der Waals surface area contributed by atoms with Crippen molar-refractivity contribution >= 4 is 26.5 Å². The third kappa shape index (κ3) is 9.47. The van der Waals surface area contributed by atoms with Gasteiger partial charge in [0.05, 0.1) is 14.2 Å². The fourth-order valence-electron chi connectivity index (χ4n) is 8.46. The fraction of sp³-hybridized carbons (Fsp3) is 0.684. The van der Waals surface area contributed by atoms with Crippen molar-refractivity contribution in [1.29, 1.82) is 0 Å². The van der Waals surface area contributed by atoms with Crippen LogP contribution >= 0.6 is 15.8 Å². The number of hydrogen-bond acceptors (Lipinski definition) is 2. The second-order valence-corrected chi connectivity index (χ2v) is 21.7. The van der Waals surface area contributed by atoms with Gasteiger partial charge in [-0.3, -0.25) is 0 Å². The Balaban J connectivity index is 0.000000973. The first kappa shape index (κ1) is 38.6. The van der Waals surface area contributed by atoms with Crippen molar-refractivity contribution in [2.75, 3.05) is 14.2 Å². The summed E-state index contributed by atoms with van der Waals surface area (Å²) in [5, 5.41) is 3.69. The van der Waals surface area contributed by atoms with E-state index < -0.39 is 7.92 Å². The maximum Gasteiger partial charge on any atom is 0.124 e. The maximum atomic E-state index is 5.77. The van der Waals surface area contributed by atoms with Gasteiger partial charge in [-0.15, -0.1) is 0 Å². The summed E-state index contributed by atoms with van der Waals surface area (Å²) in [6, 6.07) is 9.73. The summed E-state index contributed by atoms with van der Waals surface area (Å²) in [6.45, 7) is 26.4.